The molecule has 22 heavy (non-hydrogen) atoms. The smallest absolute Gasteiger partial charge is 0.319 e. The molecule has 1 aliphatic heterocycles. The molecule has 120 valence electrons. The van der Waals surface area contributed by atoms with Crippen LogP contribution in [0.2, 0.25) is 5.15 Å². The number of ether oxygens (including phenoxy) is 1. The topological polar surface area (TPSA) is 74.7 Å². The van der Waals surface area contributed by atoms with E-state index in [4.69, 9.17) is 16.3 Å². The molecule has 1 saturated carbocycles. The fraction of sp³-hybridized carbons (Fsp3) is 0.643. The lowest BCUT2D eigenvalue weighted by Gasteiger charge is -2.13. The summed E-state index contributed by atoms with van der Waals surface area (Å²) in [7, 11) is 1.93. The first kappa shape index (κ1) is 15.1. The lowest BCUT2D eigenvalue weighted by Crippen LogP contribution is -2.35. The molecule has 2 aliphatic rings. The Labute approximate surface area is 135 Å². The molecule has 0 aromatic carbocycles. The van der Waals surface area contributed by atoms with Gasteiger partial charge < -0.3 is 15.4 Å². The number of aromatic nitrogens is 2. The van der Waals surface area contributed by atoms with E-state index >= 15 is 0 Å². The summed E-state index contributed by atoms with van der Waals surface area (Å²) in [4.78, 5) is 8.58. The summed E-state index contributed by atoms with van der Waals surface area (Å²) in [6.45, 7) is 5.14. The van der Waals surface area contributed by atoms with E-state index in [0.717, 1.165) is 11.4 Å². The Morgan fingerprint density at radius 3 is 2.82 bits per heavy atom. The highest BCUT2D eigenvalue weighted by Crippen LogP contribution is 2.30. The Balaban J connectivity index is 1.65. The third-order valence-electron chi connectivity index (χ3n) is 3.85. The van der Waals surface area contributed by atoms with E-state index in [2.05, 4.69) is 25.7 Å². The van der Waals surface area contributed by atoms with Crippen LogP contribution in [0.25, 0.3) is 0 Å². The largest absolute Gasteiger partial charge is 0.463 e. The van der Waals surface area contributed by atoms with Crippen LogP contribution in [0.3, 0.4) is 0 Å². The Bertz CT molecular complexity index is 589. The van der Waals surface area contributed by atoms with E-state index < -0.39 is 0 Å². The Kier molecular flexibility index (Phi) is 4.24. The summed E-state index contributed by atoms with van der Waals surface area (Å²) < 4.78 is 5.61. The molecule has 0 radical (unpaired) electrons. The molecule has 2 N–H and O–H groups in total. The van der Waals surface area contributed by atoms with Gasteiger partial charge in [0, 0.05) is 12.6 Å². The van der Waals surface area contributed by atoms with Gasteiger partial charge in [-0.15, -0.1) is 0 Å². The van der Waals surface area contributed by atoms with Gasteiger partial charge in [-0.05, 0) is 32.6 Å². The summed E-state index contributed by atoms with van der Waals surface area (Å²) in [6.07, 6.45) is 2.65. The molecule has 1 atom stereocenters. The van der Waals surface area contributed by atoms with Crippen LogP contribution in [0.5, 0.6) is 6.01 Å². The van der Waals surface area contributed by atoms with Crippen LogP contribution >= 0.6 is 11.6 Å². The SMILES string of the molecule is Cc1c(Cl)nc(OCC2CC2)nc1NCC1=NN(C)C(C)N1. The van der Waals surface area contributed by atoms with Crippen LogP contribution in [-0.4, -0.2) is 47.2 Å². The molecule has 2 heterocycles. The second-order valence-electron chi connectivity index (χ2n) is 5.82. The van der Waals surface area contributed by atoms with Crippen molar-refractivity contribution in [2.75, 3.05) is 25.5 Å². The van der Waals surface area contributed by atoms with Crippen molar-refractivity contribution in [1.82, 2.24) is 20.3 Å². The quantitative estimate of drug-likeness (QED) is 0.778. The number of halogens is 1. The molecule has 1 aromatic heterocycles. The highest BCUT2D eigenvalue weighted by molar-refractivity contribution is 6.30. The van der Waals surface area contributed by atoms with Crippen molar-refractivity contribution in [3.05, 3.63) is 10.7 Å². The molecular formula is C14H21ClN6O. The van der Waals surface area contributed by atoms with Crippen molar-refractivity contribution < 1.29 is 4.74 Å². The number of hydrogen-bond donors (Lipinski definition) is 2. The number of hydrazone groups is 1. The summed E-state index contributed by atoms with van der Waals surface area (Å²) in [5.74, 6) is 2.19. The number of rotatable bonds is 6. The van der Waals surface area contributed by atoms with Crippen molar-refractivity contribution in [2.24, 2.45) is 11.0 Å². The number of hydrogen-bond acceptors (Lipinski definition) is 7. The molecule has 0 saturated heterocycles. The van der Waals surface area contributed by atoms with Crippen molar-refractivity contribution in [1.29, 1.82) is 0 Å². The van der Waals surface area contributed by atoms with Gasteiger partial charge in [-0.25, -0.2) is 0 Å². The minimum Gasteiger partial charge on any atom is -0.463 e. The van der Waals surface area contributed by atoms with E-state index in [1.807, 2.05) is 25.9 Å². The zero-order chi connectivity index (χ0) is 15.7. The minimum absolute atomic E-state index is 0.198. The van der Waals surface area contributed by atoms with Crippen molar-refractivity contribution in [2.45, 2.75) is 32.9 Å². The highest BCUT2D eigenvalue weighted by Gasteiger charge is 2.23. The van der Waals surface area contributed by atoms with Gasteiger partial charge in [-0.2, -0.15) is 15.1 Å². The third kappa shape index (κ3) is 3.52. The van der Waals surface area contributed by atoms with Crippen LogP contribution in [0.4, 0.5) is 5.82 Å². The van der Waals surface area contributed by atoms with Crippen LogP contribution in [0, 0.1) is 12.8 Å². The van der Waals surface area contributed by atoms with Crippen LogP contribution in [0.15, 0.2) is 5.10 Å². The molecule has 0 bridgehead atoms. The maximum absolute atomic E-state index is 6.17. The summed E-state index contributed by atoms with van der Waals surface area (Å²) >= 11 is 6.17. The summed E-state index contributed by atoms with van der Waals surface area (Å²) in [5, 5.41) is 13.2. The lowest BCUT2D eigenvalue weighted by molar-refractivity contribution is 0.276. The number of amidine groups is 1. The van der Waals surface area contributed by atoms with Gasteiger partial charge in [0.2, 0.25) is 0 Å². The molecular weight excluding hydrogens is 304 g/mol. The van der Waals surface area contributed by atoms with E-state index in [-0.39, 0.29) is 6.17 Å². The van der Waals surface area contributed by atoms with Gasteiger partial charge in [-0.1, -0.05) is 11.6 Å². The second-order valence-corrected chi connectivity index (χ2v) is 6.18. The second kappa shape index (κ2) is 6.16. The number of nitrogens with zero attached hydrogens (tertiary/aromatic N) is 4. The normalized spacial score (nSPS) is 20.6. The van der Waals surface area contributed by atoms with Crippen molar-refractivity contribution in [3.63, 3.8) is 0 Å². The molecule has 1 aliphatic carbocycles. The Hall–Kier alpha value is -1.76. The van der Waals surface area contributed by atoms with Gasteiger partial charge in [0.15, 0.2) is 0 Å². The maximum Gasteiger partial charge on any atom is 0.319 e. The molecule has 8 heteroatoms. The minimum atomic E-state index is 0.198. The van der Waals surface area contributed by atoms with Crippen LogP contribution in [0.1, 0.15) is 25.3 Å². The van der Waals surface area contributed by atoms with Crippen LogP contribution < -0.4 is 15.4 Å². The standard InChI is InChI=1S/C14H21ClN6O/c1-8-12(15)18-14(22-7-10-4-5-10)19-13(8)16-6-11-17-9(2)21(3)20-11/h9-10H,4-7H2,1-3H3,(H,17,20)(H,16,18,19). The zero-order valence-electron chi connectivity index (χ0n) is 13.1. The van der Waals surface area contributed by atoms with Gasteiger partial charge in [0.05, 0.1) is 13.2 Å². The molecule has 0 amide bonds. The predicted octanol–water partition coefficient (Wildman–Crippen LogP) is 1.83. The van der Waals surface area contributed by atoms with Gasteiger partial charge in [0.25, 0.3) is 0 Å². The Morgan fingerprint density at radius 2 is 2.18 bits per heavy atom. The first-order chi connectivity index (χ1) is 10.5. The highest BCUT2D eigenvalue weighted by atomic mass is 35.5. The number of nitrogens with one attached hydrogen (secondary N) is 2. The van der Waals surface area contributed by atoms with E-state index in [1.165, 1.54) is 12.8 Å². The predicted molar refractivity (Wildman–Crippen MR) is 86.3 cm³/mol. The van der Waals surface area contributed by atoms with Crippen LogP contribution in [-0.2, 0) is 0 Å². The third-order valence-corrected chi connectivity index (χ3v) is 4.22. The van der Waals surface area contributed by atoms with E-state index in [1.54, 1.807) is 0 Å². The summed E-state index contributed by atoms with van der Waals surface area (Å²) in [5.41, 5.74) is 0.806. The average molecular weight is 325 g/mol. The van der Waals surface area contributed by atoms with E-state index in [0.29, 0.717) is 36.1 Å². The van der Waals surface area contributed by atoms with Gasteiger partial charge in [-0.3, -0.25) is 5.01 Å². The molecule has 1 fully saturated rings. The van der Waals surface area contributed by atoms with Gasteiger partial charge in [0.1, 0.15) is 23.0 Å². The monoisotopic (exact) mass is 324 g/mol. The first-order valence-corrected chi connectivity index (χ1v) is 7.88. The fourth-order valence-corrected chi connectivity index (χ4v) is 2.24. The molecule has 3 rings (SSSR count). The molecule has 0 spiro atoms. The maximum atomic E-state index is 6.17. The number of anilines is 1. The summed E-state index contributed by atoms with van der Waals surface area (Å²) in [6, 6.07) is 0.330. The molecule has 1 aromatic rings. The lowest BCUT2D eigenvalue weighted by atomic mass is 10.3. The first-order valence-electron chi connectivity index (χ1n) is 7.50. The van der Waals surface area contributed by atoms with Crippen molar-refractivity contribution in [3.8, 4) is 6.01 Å². The molecule has 1 unspecified atom stereocenters. The Morgan fingerprint density at radius 1 is 1.41 bits per heavy atom. The van der Waals surface area contributed by atoms with Gasteiger partial charge >= 0.3 is 6.01 Å². The fourth-order valence-electron chi connectivity index (χ4n) is 2.08. The zero-order valence-corrected chi connectivity index (χ0v) is 13.8. The molecule has 7 nitrogen and oxygen atoms in total. The average Bonchev–Trinajstić information content (AvgIpc) is 3.25. The van der Waals surface area contributed by atoms with Crippen molar-refractivity contribution >= 4 is 23.3 Å². The van der Waals surface area contributed by atoms with E-state index in [9.17, 15) is 0 Å².